The van der Waals surface area contributed by atoms with E-state index in [0.29, 0.717) is 24.9 Å². The van der Waals surface area contributed by atoms with E-state index in [4.69, 9.17) is 21.2 Å². The molecule has 1 heterocycles. The van der Waals surface area contributed by atoms with Crippen LogP contribution in [0.4, 0.5) is 0 Å². The maximum absolute atomic E-state index is 12.4. The summed E-state index contributed by atoms with van der Waals surface area (Å²) in [5.41, 5.74) is 4.46. The van der Waals surface area contributed by atoms with Gasteiger partial charge in [-0.2, -0.15) is 5.26 Å². The first kappa shape index (κ1) is 24.4. The number of aliphatic hydroxyl groups is 1. The predicted molar refractivity (Wildman–Crippen MR) is 113 cm³/mol. The standard InChI is InChI=1S/C17H25N3O2.C5H9NO4/c18-9-14-2-1-3-20(14)15(21)10-19-16-5-12-4-13(6-16)8-17(22,7-12)11-16;6-3(5(9)10)1-2-4(7)8/h12-14,19,22H,1-8,10-11H2;3H,1-2,6H2,(H,7,8)(H,9,10)/t12?,13?,14-,16?,17?;/m0./s1. The molecular weight excluding hydrogens is 416 g/mol. The van der Waals surface area contributed by atoms with Crippen molar-refractivity contribution in [1.29, 1.82) is 5.26 Å². The zero-order chi connectivity index (χ0) is 23.5. The Balaban J connectivity index is 0.000000247. The molecule has 0 radical (unpaired) electrons. The van der Waals surface area contributed by atoms with E-state index in [1.807, 2.05) is 0 Å². The molecule has 0 aromatic rings. The predicted octanol–water partition coefficient (Wildman–Crippen LogP) is 0.437. The van der Waals surface area contributed by atoms with E-state index in [-0.39, 0.29) is 30.3 Å². The van der Waals surface area contributed by atoms with Crippen molar-refractivity contribution in [2.45, 2.75) is 87.4 Å². The SMILES string of the molecule is N#C[C@@H]1CCCN1C(=O)CNC12CC3CC(CC(O)(C3)C1)C2.NC(CCC(=O)O)C(=O)O. The lowest BCUT2D eigenvalue weighted by molar-refractivity contribution is -0.147. The second kappa shape index (κ2) is 9.73. The summed E-state index contributed by atoms with van der Waals surface area (Å²) in [6.45, 7) is 1.02. The molecule has 1 aliphatic heterocycles. The topological polar surface area (TPSA) is 177 Å². The van der Waals surface area contributed by atoms with E-state index in [9.17, 15) is 19.5 Å². The molecule has 5 aliphatic rings. The van der Waals surface area contributed by atoms with Crippen LogP contribution in [0.2, 0.25) is 0 Å². The van der Waals surface area contributed by atoms with Crippen molar-refractivity contribution in [2.75, 3.05) is 13.1 Å². The normalized spacial score (nSPS) is 35.5. The third-order valence-corrected chi connectivity index (χ3v) is 7.35. The number of carboxylic acid groups (broad SMARTS) is 2. The molecule has 0 aromatic carbocycles. The molecule has 4 atom stereocenters. The highest BCUT2D eigenvalue weighted by molar-refractivity contribution is 5.79. The highest BCUT2D eigenvalue weighted by Gasteiger charge is 2.57. The molecule has 5 rings (SSSR count). The molecule has 6 N–H and O–H groups in total. The van der Waals surface area contributed by atoms with Crippen LogP contribution in [0, 0.1) is 23.2 Å². The van der Waals surface area contributed by atoms with Crippen LogP contribution in [0.5, 0.6) is 0 Å². The Morgan fingerprint density at radius 1 is 1.19 bits per heavy atom. The van der Waals surface area contributed by atoms with Gasteiger partial charge in [0.15, 0.2) is 0 Å². The third kappa shape index (κ3) is 5.77. The first-order valence-electron chi connectivity index (χ1n) is 11.4. The van der Waals surface area contributed by atoms with Gasteiger partial charge in [-0.05, 0) is 69.6 Å². The third-order valence-electron chi connectivity index (χ3n) is 7.35. The number of hydrogen-bond donors (Lipinski definition) is 5. The highest BCUT2D eigenvalue weighted by Crippen LogP contribution is 2.57. The van der Waals surface area contributed by atoms with Gasteiger partial charge in [0.05, 0.1) is 18.2 Å². The number of carbonyl (C=O) groups excluding carboxylic acids is 1. The summed E-state index contributed by atoms with van der Waals surface area (Å²) in [7, 11) is 0. The summed E-state index contributed by atoms with van der Waals surface area (Å²) >= 11 is 0. The monoisotopic (exact) mass is 450 g/mol. The summed E-state index contributed by atoms with van der Waals surface area (Å²) in [6, 6.07) is 0.932. The fraction of sp³-hybridized carbons (Fsp3) is 0.818. The molecule has 10 heteroatoms. The number of carbonyl (C=O) groups is 3. The Hall–Kier alpha value is -2.22. The molecule has 32 heavy (non-hydrogen) atoms. The zero-order valence-corrected chi connectivity index (χ0v) is 18.3. The van der Waals surface area contributed by atoms with Gasteiger partial charge in [0.1, 0.15) is 12.1 Å². The van der Waals surface area contributed by atoms with Crippen LogP contribution >= 0.6 is 0 Å². The fourth-order valence-electron chi connectivity index (χ4n) is 6.39. The van der Waals surface area contributed by atoms with Gasteiger partial charge in [-0.25, -0.2) is 0 Å². The number of nitrogens with one attached hydrogen (secondary N) is 1. The fourth-order valence-corrected chi connectivity index (χ4v) is 6.39. The van der Waals surface area contributed by atoms with Crippen molar-refractivity contribution in [3.8, 4) is 6.07 Å². The van der Waals surface area contributed by atoms with Crippen LogP contribution in [-0.2, 0) is 14.4 Å². The minimum absolute atomic E-state index is 0.0231. The molecule has 0 aromatic heterocycles. The number of likely N-dealkylation sites (tertiary alicyclic amines) is 1. The van der Waals surface area contributed by atoms with E-state index in [0.717, 1.165) is 44.9 Å². The van der Waals surface area contributed by atoms with Crippen molar-refractivity contribution in [3.05, 3.63) is 0 Å². The summed E-state index contributed by atoms with van der Waals surface area (Å²) < 4.78 is 0. The molecule has 0 spiro atoms. The van der Waals surface area contributed by atoms with Crippen LogP contribution in [0.15, 0.2) is 0 Å². The van der Waals surface area contributed by atoms with Gasteiger partial charge in [0.25, 0.3) is 0 Å². The van der Waals surface area contributed by atoms with E-state index >= 15 is 0 Å². The van der Waals surface area contributed by atoms with Gasteiger partial charge in [-0.15, -0.1) is 0 Å². The van der Waals surface area contributed by atoms with Gasteiger partial charge in [-0.1, -0.05) is 0 Å². The van der Waals surface area contributed by atoms with E-state index in [2.05, 4.69) is 11.4 Å². The van der Waals surface area contributed by atoms with Gasteiger partial charge in [-0.3, -0.25) is 14.4 Å². The first-order chi connectivity index (χ1) is 15.0. The average molecular weight is 451 g/mol. The van der Waals surface area contributed by atoms with Crippen molar-refractivity contribution in [2.24, 2.45) is 17.6 Å². The number of aliphatic carboxylic acids is 2. The Bertz CT molecular complexity index is 767. The lowest BCUT2D eigenvalue weighted by atomic mass is 9.51. The number of rotatable bonds is 7. The number of nitrogens with two attached hydrogens (primary N) is 1. The Morgan fingerprint density at radius 2 is 1.84 bits per heavy atom. The number of carboxylic acids is 2. The molecule has 4 saturated carbocycles. The van der Waals surface area contributed by atoms with Gasteiger partial charge in [0.2, 0.25) is 5.91 Å². The van der Waals surface area contributed by atoms with Crippen LogP contribution in [-0.4, -0.2) is 74.4 Å². The van der Waals surface area contributed by atoms with Crippen LogP contribution in [0.25, 0.3) is 0 Å². The molecule has 178 valence electrons. The molecule has 5 fully saturated rings. The summed E-state index contributed by atoms with van der Waals surface area (Å²) in [6.07, 6.45) is 7.65. The lowest BCUT2D eigenvalue weighted by Crippen LogP contribution is -2.65. The van der Waals surface area contributed by atoms with Crippen molar-refractivity contribution >= 4 is 17.8 Å². The van der Waals surface area contributed by atoms with Crippen molar-refractivity contribution in [1.82, 2.24) is 10.2 Å². The van der Waals surface area contributed by atoms with Crippen LogP contribution < -0.4 is 11.1 Å². The number of amides is 1. The molecule has 1 amide bonds. The average Bonchev–Trinajstić information content (AvgIpc) is 3.17. The largest absolute Gasteiger partial charge is 0.481 e. The number of nitriles is 1. The quantitative estimate of drug-likeness (QED) is 0.368. The molecule has 4 bridgehead atoms. The first-order valence-corrected chi connectivity index (χ1v) is 11.4. The van der Waals surface area contributed by atoms with Gasteiger partial charge >= 0.3 is 11.9 Å². The zero-order valence-electron chi connectivity index (χ0n) is 18.3. The second-order valence-corrected chi connectivity index (χ2v) is 10.1. The summed E-state index contributed by atoms with van der Waals surface area (Å²) in [4.78, 5) is 34.0. The summed E-state index contributed by atoms with van der Waals surface area (Å²) in [5, 5.41) is 39.7. The molecule has 3 unspecified atom stereocenters. The minimum Gasteiger partial charge on any atom is -0.481 e. The van der Waals surface area contributed by atoms with E-state index in [1.165, 1.54) is 6.42 Å². The van der Waals surface area contributed by atoms with Crippen molar-refractivity contribution < 1.29 is 29.7 Å². The number of hydrogen-bond acceptors (Lipinski definition) is 7. The summed E-state index contributed by atoms with van der Waals surface area (Å²) in [5.74, 6) is -0.912. The Morgan fingerprint density at radius 3 is 2.38 bits per heavy atom. The molecule has 1 saturated heterocycles. The van der Waals surface area contributed by atoms with Gasteiger partial charge in [0, 0.05) is 18.5 Å². The van der Waals surface area contributed by atoms with Gasteiger partial charge < -0.3 is 31.3 Å². The Labute approximate surface area is 187 Å². The van der Waals surface area contributed by atoms with E-state index in [1.54, 1.807) is 4.90 Å². The smallest absolute Gasteiger partial charge is 0.320 e. The Kier molecular flexibility index (Phi) is 7.43. The van der Waals surface area contributed by atoms with Crippen LogP contribution in [0.3, 0.4) is 0 Å². The van der Waals surface area contributed by atoms with E-state index < -0.39 is 23.6 Å². The lowest BCUT2D eigenvalue weighted by Gasteiger charge is -2.60. The van der Waals surface area contributed by atoms with Crippen molar-refractivity contribution in [3.63, 3.8) is 0 Å². The molecule has 4 aliphatic carbocycles. The van der Waals surface area contributed by atoms with Crippen LogP contribution in [0.1, 0.15) is 64.2 Å². The maximum atomic E-state index is 12.4. The molecular formula is C22H34N4O6. The second-order valence-electron chi connectivity index (χ2n) is 10.1. The number of nitrogens with zero attached hydrogens (tertiary/aromatic N) is 2. The highest BCUT2D eigenvalue weighted by atomic mass is 16.4. The molecule has 10 nitrogen and oxygen atoms in total. The maximum Gasteiger partial charge on any atom is 0.320 e. The minimum atomic E-state index is -1.17.